The van der Waals surface area contributed by atoms with Gasteiger partial charge in [-0.3, -0.25) is 0 Å². The molecule has 0 saturated carbocycles. The lowest BCUT2D eigenvalue weighted by molar-refractivity contribution is 0.981. The van der Waals surface area contributed by atoms with Crippen LogP contribution in [0, 0.1) is 20.8 Å². The van der Waals surface area contributed by atoms with E-state index in [4.69, 9.17) is 0 Å². The first-order chi connectivity index (χ1) is 11.1. The second kappa shape index (κ2) is 6.44. The summed E-state index contributed by atoms with van der Waals surface area (Å²) >= 11 is 0. The maximum atomic E-state index is 4.49. The van der Waals surface area contributed by atoms with Crippen LogP contribution in [-0.4, -0.2) is 15.2 Å². The number of benzene rings is 2. The third kappa shape index (κ3) is 3.45. The average molecular weight is 305 g/mol. The van der Waals surface area contributed by atoms with Crippen LogP contribution in [0.1, 0.15) is 16.7 Å². The molecule has 2 N–H and O–H groups in total. The zero-order valence-corrected chi connectivity index (χ0v) is 13.5. The lowest BCUT2D eigenvalue weighted by Crippen LogP contribution is -2.04. The molecule has 0 saturated heterocycles. The Bertz CT molecular complexity index is 809. The van der Waals surface area contributed by atoms with Crippen LogP contribution in [0.5, 0.6) is 0 Å². The highest BCUT2D eigenvalue weighted by Gasteiger charge is 2.06. The number of hydrogen-bond acceptors (Lipinski definition) is 5. The van der Waals surface area contributed by atoms with E-state index in [1.54, 1.807) is 6.20 Å². The molecule has 0 unspecified atom stereocenters. The summed E-state index contributed by atoms with van der Waals surface area (Å²) < 4.78 is 0. The zero-order valence-electron chi connectivity index (χ0n) is 13.5. The molecule has 3 aromatic rings. The summed E-state index contributed by atoms with van der Waals surface area (Å²) in [6.07, 6.45) is 1.62. The smallest absolute Gasteiger partial charge is 0.249 e. The van der Waals surface area contributed by atoms with E-state index in [0.29, 0.717) is 11.8 Å². The molecule has 0 aliphatic carbocycles. The van der Waals surface area contributed by atoms with Gasteiger partial charge >= 0.3 is 0 Å². The molecule has 0 fully saturated rings. The number of para-hydroxylation sites is 2. The average Bonchev–Trinajstić information content (AvgIpc) is 2.54. The minimum absolute atomic E-state index is 0.468. The Morgan fingerprint density at radius 1 is 0.783 bits per heavy atom. The summed E-state index contributed by atoms with van der Waals surface area (Å²) in [5.74, 6) is 1.13. The summed E-state index contributed by atoms with van der Waals surface area (Å²) in [6, 6.07) is 14.2. The van der Waals surface area contributed by atoms with Gasteiger partial charge in [-0.05, 0) is 43.5 Å². The quantitative estimate of drug-likeness (QED) is 0.753. The molecular weight excluding hydrogens is 286 g/mol. The van der Waals surface area contributed by atoms with Crippen molar-refractivity contribution in [2.24, 2.45) is 0 Å². The van der Waals surface area contributed by atoms with Crippen molar-refractivity contribution in [2.45, 2.75) is 20.8 Å². The first kappa shape index (κ1) is 15.0. The van der Waals surface area contributed by atoms with Gasteiger partial charge in [0.1, 0.15) is 0 Å². The number of hydrogen-bond donors (Lipinski definition) is 2. The van der Waals surface area contributed by atoms with Crippen molar-refractivity contribution in [3.63, 3.8) is 0 Å². The molecule has 3 rings (SSSR count). The molecule has 0 amide bonds. The minimum Gasteiger partial charge on any atom is -0.338 e. The van der Waals surface area contributed by atoms with E-state index in [1.807, 2.05) is 37.3 Å². The molecule has 1 aromatic heterocycles. The molecule has 0 atom stereocenters. The summed E-state index contributed by atoms with van der Waals surface area (Å²) in [5, 5.41) is 14.6. The SMILES string of the molecule is Cc1ccccc1Nc1nncc(Nc2c(C)cccc2C)n1. The van der Waals surface area contributed by atoms with Crippen molar-refractivity contribution in [3.8, 4) is 0 Å². The molecule has 0 spiro atoms. The molecule has 0 radical (unpaired) electrons. The highest BCUT2D eigenvalue weighted by Crippen LogP contribution is 2.24. The van der Waals surface area contributed by atoms with Gasteiger partial charge in [0, 0.05) is 11.4 Å². The molecule has 0 aliphatic rings. The summed E-state index contributed by atoms with van der Waals surface area (Å²) in [7, 11) is 0. The number of nitrogens with one attached hydrogen (secondary N) is 2. The van der Waals surface area contributed by atoms with Crippen LogP contribution >= 0.6 is 0 Å². The number of nitrogens with zero attached hydrogens (tertiary/aromatic N) is 3. The van der Waals surface area contributed by atoms with E-state index in [9.17, 15) is 0 Å². The second-order valence-electron chi connectivity index (χ2n) is 5.50. The van der Waals surface area contributed by atoms with Gasteiger partial charge < -0.3 is 10.6 Å². The van der Waals surface area contributed by atoms with Gasteiger partial charge in [0.15, 0.2) is 5.82 Å². The molecule has 116 valence electrons. The largest absolute Gasteiger partial charge is 0.338 e. The van der Waals surface area contributed by atoms with Crippen LogP contribution in [0.3, 0.4) is 0 Å². The molecular formula is C18H19N5. The Morgan fingerprint density at radius 3 is 2.22 bits per heavy atom. The Morgan fingerprint density at radius 2 is 1.48 bits per heavy atom. The van der Waals surface area contributed by atoms with Crippen LogP contribution in [0.25, 0.3) is 0 Å². The van der Waals surface area contributed by atoms with Crippen LogP contribution in [0.15, 0.2) is 48.7 Å². The first-order valence-corrected chi connectivity index (χ1v) is 7.49. The minimum atomic E-state index is 0.468. The van der Waals surface area contributed by atoms with Crippen molar-refractivity contribution < 1.29 is 0 Å². The van der Waals surface area contributed by atoms with E-state index in [-0.39, 0.29) is 0 Å². The van der Waals surface area contributed by atoms with Gasteiger partial charge in [-0.15, -0.1) is 5.10 Å². The van der Waals surface area contributed by atoms with E-state index in [0.717, 1.165) is 28.1 Å². The summed E-state index contributed by atoms with van der Waals surface area (Å²) in [6.45, 7) is 6.17. The maximum absolute atomic E-state index is 4.49. The molecule has 5 nitrogen and oxygen atoms in total. The molecule has 0 bridgehead atoms. The number of aromatic nitrogens is 3. The van der Waals surface area contributed by atoms with Crippen molar-refractivity contribution in [1.82, 2.24) is 15.2 Å². The van der Waals surface area contributed by atoms with Gasteiger partial charge in [0.2, 0.25) is 5.95 Å². The topological polar surface area (TPSA) is 62.7 Å². The normalized spacial score (nSPS) is 10.4. The van der Waals surface area contributed by atoms with E-state index in [2.05, 4.69) is 51.8 Å². The van der Waals surface area contributed by atoms with Gasteiger partial charge in [0.25, 0.3) is 0 Å². The fraction of sp³-hybridized carbons (Fsp3) is 0.167. The molecule has 0 aliphatic heterocycles. The van der Waals surface area contributed by atoms with Crippen LogP contribution in [-0.2, 0) is 0 Å². The lowest BCUT2D eigenvalue weighted by atomic mass is 10.1. The Balaban J connectivity index is 1.84. The van der Waals surface area contributed by atoms with E-state index < -0.39 is 0 Å². The fourth-order valence-electron chi connectivity index (χ4n) is 2.39. The monoisotopic (exact) mass is 305 g/mol. The van der Waals surface area contributed by atoms with Crippen molar-refractivity contribution in [3.05, 3.63) is 65.4 Å². The standard InChI is InChI=1S/C18H19N5/c1-12-7-4-5-10-15(12)20-18-22-16(11-19-23-18)21-17-13(2)8-6-9-14(17)3/h4-11H,1-3H3,(H2,20,21,22,23). The third-order valence-corrected chi connectivity index (χ3v) is 3.68. The zero-order chi connectivity index (χ0) is 16.2. The Labute approximate surface area is 135 Å². The highest BCUT2D eigenvalue weighted by atomic mass is 15.3. The molecule has 1 heterocycles. The van der Waals surface area contributed by atoms with Gasteiger partial charge in [-0.2, -0.15) is 10.1 Å². The number of rotatable bonds is 4. The van der Waals surface area contributed by atoms with Gasteiger partial charge in [0.05, 0.1) is 6.20 Å². The predicted octanol–water partition coefficient (Wildman–Crippen LogP) is 4.28. The van der Waals surface area contributed by atoms with Crippen LogP contribution < -0.4 is 10.6 Å². The summed E-state index contributed by atoms with van der Waals surface area (Å²) in [4.78, 5) is 4.49. The van der Waals surface area contributed by atoms with E-state index >= 15 is 0 Å². The van der Waals surface area contributed by atoms with E-state index in [1.165, 1.54) is 0 Å². The second-order valence-corrected chi connectivity index (χ2v) is 5.50. The molecule has 23 heavy (non-hydrogen) atoms. The fourth-order valence-corrected chi connectivity index (χ4v) is 2.39. The Kier molecular flexibility index (Phi) is 4.19. The maximum Gasteiger partial charge on any atom is 0.249 e. The van der Waals surface area contributed by atoms with Gasteiger partial charge in [-0.1, -0.05) is 36.4 Å². The predicted molar refractivity (Wildman–Crippen MR) is 93.5 cm³/mol. The Hall–Kier alpha value is -2.95. The lowest BCUT2D eigenvalue weighted by Gasteiger charge is -2.12. The number of anilines is 4. The van der Waals surface area contributed by atoms with Crippen molar-refractivity contribution in [2.75, 3.05) is 10.6 Å². The van der Waals surface area contributed by atoms with Gasteiger partial charge in [-0.25, -0.2) is 0 Å². The first-order valence-electron chi connectivity index (χ1n) is 7.49. The van der Waals surface area contributed by atoms with Crippen LogP contribution in [0.4, 0.5) is 23.1 Å². The number of aryl methyl sites for hydroxylation is 3. The highest BCUT2D eigenvalue weighted by molar-refractivity contribution is 5.65. The molecule has 5 heteroatoms. The van der Waals surface area contributed by atoms with Crippen molar-refractivity contribution >= 4 is 23.1 Å². The van der Waals surface area contributed by atoms with Crippen molar-refractivity contribution in [1.29, 1.82) is 0 Å². The molecule has 2 aromatic carbocycles. The summed E-state index contributed by atoms with van der Waals surface area (Å²) in [5.41, 5.74) is 5.48. The third-order valence-electron chi connectivity index (χ3n) is 3.68. The van der Waals surface area contributed by atoms with Crippen LogP contribution in [0.2, 0.25) is 0 Å².